The van der Waals surface area contributed by atoms with Gasteiger partial charge in [-0.25, -0.2) is 14.0 Å². The molecule has 1 aliphatic heterocycles. The van der Waals surface area contributed by atoms with Gasteiger partial charge in [0.2, 0.25) is 5.91 Å². The third-order valence-corrected chi connectivity index (χ3v) is 3.98. The second-order valence-corrected chi connectivity index (χ2v) is 5.75. The van der Waals surface area contributed by atoms with Crippen LogP contribution in [0.3, 0.4) is 0 Å². The Bertz CT molecular complexity index is 707. The van der Waals surface area contributed by atoms with E-state index in [9.17, 15) is 23.6 Å². The molecule has 1 aromatic rings. The maximum absolute atomic E-state index is 13.2. The van der Waals surface area contributed by atoms with Gasteiger partial charge in [-0.05, 0) is 24.1 Å². The van der Waals surface area contributed by atoms with Crippen LogP contribution in [0.4, 0.5) is 14.0 Å². The maximum Gasteiger partial charge on any atom is 0.325 e. The summed E-state index contributed by atoms with van der Waals surface area (Å²) in [5.41, 5.74) is 3.91. The van der Waals surface area contributed by atoms with E-state index in [0.717, 1.165) is 11.3 Å². The number of hydrogen-bond acceptors (Lipinski definition) is 4. The molecule has 1 atom stereocenters. The molecule has 1 saturated heterocycles. The van der Waals surface area contributed by atoms with E-state index in [1.165, 1.54) is 24.3 Å². The number of halogens is 1. The van der Waals surface area contributed by atoms with Crippen molar-refractivity contribution in [3.63, 3.8) is 0 Å². The SMILES string of the molecule is CCCCC1(c2ccc(F)cc2)NC(=O)N(CC(=O)NC(N)=O)C1=O. The first kappa shape index (κ1) is 18.4. The number of carbonyl (C=O) groups excluding carboxylic acids is 4. The molecule has 1 aromatic carbocycles. The van der Waals surface area contributed by atoms with E-state index < -0.39 is 41.8 Å². The van der Waals surface area contributed by atoms with Crippen LogP contribution in [0.5, 0.6) is 0 Å². The summed E-state index contributed by atoms with van der Waals surface area (Å²) in [4.78, 5) is 48.3. The number of benzene rings is 1. The van der Waals surface area contributed by atoms with Crippen LogP contribution < -0.4 is 16.4 Å². The molecule has 0 radical (unpaired) electrons. The van der Waals surface area contributed by atoms with Crippen molar-refractivity contribution in [3.05, 3.63) is 35.6 Å². The first-order valence-corrected chi connectivity index (χ1v) is 7.79. The molecule has 9 heteroatoms. The number of nitrogens with two attached hydrogens (primary N) is 1. The molecule has 134 valence electrons. The lowest BCUT2D eigenvalue weighted by Gasteiger charge is -2.27. The Morgan fingerprint density at radius 3 is 2.48 bits per heavy atom. The zero-order valence-electron chi connectivity index (χ0n) is 13.7. The molecular weight excluding hydrogens is 331 g/mol. The molecule has 1 aliphatic rings. The van der Waals surface area contributed by atoms with Gasteiger partial charge in [0.25, 0.3) is 5.91 Å². The third kappa shape index (κ3) is 3.76. The Morgan fingerprint density at radius 1 is 1.28 bits per heavy atom. The molecule has 0 aliphatic carbocycles. The number of amides is 6. The minimum absolute atomic E-state index is 0.299. The van der Waals surface area contributed by atoms with Crippen molar-refractivity contribution in [2.24, 2.45) is 5.73 Å². The summed E-state index contributed by atoms with van der Waals surface area (Å²) >= 11 is 0. The first-order chi connectivity index (χ1) is 11.8. The molecule has 2 rings (SSSR count). The summed E-state index contributed by atoms with van der Waals surface area (Å²) in [6, 6.07) is 3.42. The summed E-state index contributed by atoms with van der Waals surface area (Å²) in [6.45, 7) is 1.29. The first-order valence-electron chi connectivity index (χ1n) is 7.79. The lowest BCUT2D eigenvalue weighted by Crippen LogP contribution is -2.46. The van der Waals surface area contributed by atoms with Crippen LogP contribution in [0, 0.1) is 5.82 Å². The average Bonchev–Trinajstić information content (AvgIpc) is 2.78. The molecular formula is C16H19FN4O4. The Labute approximate surface area is 143 Å². The Kier molecular flexibility index (Phi) is 5.35. The van der Waals surface area contributed by atoms with Gasteiger partial charge in [0.1, 0.15) is 17.9 Å². The number of unbranched alkanes of at least 4 members (excludes halogenated alkanes) is 1. The zero-order valence-corrected chi connectivity index (χ0v) is 13.7. The lowest BCUT2D eigenvalue weighted by atomic mass is 9.85. The standard InChI is InChI=1S/C16H19FN4O4/c1-2-3-8-16(10-4-6-11(17)7-5-10)13(23)21(15(25)20-16)9-12(22)19-14(18)24/h4-7H,2-3,8-9H2,1H3,(H,20,25)(H3,18,19,22,24). The van der Waals surface area contributed by atoms with Gasteiger partial charge >= 0.3 is 12.1 Å². The average molecular weight is 350 g/mol. The molecule has 4 N–H and O–H groups in total. The Balaban J connectivity index is 2.33. The third-order valence-electron chi connectivity index (χ3n) is 3.98. The van der Waals surface area contributed by atoms with Crippen LogP contribution >= 0.6 is 0 Å². The van der Waals surface area contributed by atoms with Crippen molar-refractivity contribution < 1.29 is 23.6 Å². The normalized spacial score (nSPS) is 19.7. The highest BCUT2D eigenvalue weighted by Gasteiger charge is 2.52. The smallest absolute Gasteiger partial charge is 0.325 e. The quantitative estimate of drug-likeness (QED) is 0.661. The van der Waals surface area contributed by atoms with Gasteiger partial charge in [-0.15, -0.1) is 0 Å². The van der Waals surface area contributed by atoms with Gasteiger partial charge in [0.15, 0.2) is 0 Å². The fourth-order valence-electron chi connectivity index (χ4n) is 2.78. The Morgan fingerprint density at radius 2 is 1.92 bits per heavy atom. The number of urea groups is 2. The molecule has 8 nitrogen and oxygen atoms in total. The number of nitrogens with one attached hydrogen (secondary N) is 2. The van der Waals surface area contributed by atoms with E-state index in [2.05, 4.69) is 5.32 Å². The van der Waals surface area contributed by atoms with E-state index in [1.54, 1.807) is 5.32 Å². The number of nitrogens with zero attached hydrogens (tertiary/aromatic N) is 1. The van der Waals surface area contributed by atoms with Crippen LogP contribution in [0.25, 0.3) is 0 Å². The van der Waals surface area contributed by atoms with Gasteiger partial charge in [0, 0.05) is 0 Å². The number of carbonyl (C=O) groups is 4. The van der Waals surface area contributed by atoms with Crippen LogP contribution in [0.15, 0.2) is 24.3 Å². The predicted octanol–water partition coefficient (Wildman–Crippen LogP) is 0.958. The lowest BCUT2D eigenvalue weighted by molar-refractivity contribution is -0.135. The molecule has 25 heavy (non-hydrogen) atoms. The predicted molar refractivity (Wildman–Crippen MR) is 85.6 cm³/mol. The van der Waals surface area contributed by atoms with Gasteiger partial charge in [-0.3, -0.25) is 19.8 Å². The molecule has 1 unspecified atom stereocenters. The summed E-state index contributed by atoms with van der Waals surface area (Å²) in [6.07, 6.45) is 1.70. The van der Waals surface area contributed by atoms with Crippen LogP contribution in [-0.4, -0.2) is 35.3 Å². The fraction of sp³-hybridized carbons (Fsp3) is 0.375. The zero-order chi connectivity index (χ0) is 18.6. The highest BCUT2D eigenvalue weighted by atomic mass is 19.1. The largest absolute Gasteiger partial charge is 0.351 e. The Hall–Kier alpha value is -2.97. The molecule has 1 heterocycles. The van der Waals surface area contributed by atoms with Crippen molar-refractivity contribution >= 4 is 23.9 Å². The van der Waals surface area contributed by atoms with E-state index in [1.807, 2.05) is 6.92 Å². The van der Waals surface area contributed by atoms with Crippen molar-refractivity contribution in [2.75, 3.05) is 6.54 Å². The highest BCUT2D eigenvalue weighted by molar-refractivity contribution is 6.10. The maximum atomic E-state index is 13.2. The van der Waals surface area contributed by atoms with Gasteiger partial charge in [0.05, 0.1) is 0 Å². The minimum atomic E-state index is -1.37. The van der Waals surface area contributed by atoms with Gasteiger partial charge in [-0.1, -0.05) is 31.9 Å². The van der Waals surface area contributed by atoms with E-state index in [0.29, 0.717) is 18.4 Å². The fourth-order valence-corrected chi connectivity index (χ4v) is 2.78. The molecule has 0 spiro atoms. The molecule has 0 aromatic heterocycles. The van der Waals surface area contributed by atoms with Crippen molar-refractivity contribution in [2.45, 2.75) is 31.7 Å². The van der Waals surface area contributed by atoms with Gasteiger partial charge < -0.3 is 11.1 Å². The highest BCUT2D eigenvalue weighted by Crippen LogP contribution is 2.34. The number of primary amides is 1. The van der Waals surface area contributed by atoms with Crippen molar-refractivity contribution in [1.82, 2.24) is 15.5 Å². The topological polar surface area (TPSA) is 122 Å². The van der Waals surface area contributed by atoms with E-state index >= 15 is 0 Å². The minimum Gasteiger partial charge on any atom is -0.351 e. The van der Waals surface area contributed by atoms with Crippen molar-refractivity contribution in [1.29, 1.82) is 0 Å². The monoisotopic (exact) mass is 350 g/mol. The summed E-state index contributed by atoms with van der Waals surface area (Å²) in [5, 5.41) is 4.42. The number of imide groups is 2. The van der Waals surface area contributed by atoms with Crippen LogP contribution in [-0.2, 0) is 15.1 Å². The van der Waals surface area contributed by atoms with Crippen LogP contribution in [0.2, 0.25) is 0 Å². The summed E-state index contributed by atoms with van der Waals surface area (Å²) in [5.74, 6) is -1.97. The second-order valence-electron chi connectivity index (χ2n) is 5.75. The second kappa shape index (κ2) is 7.29. The molecule has 6 amide bonds. The van der Waals surface area contributed by atoms with Crippen molar-refractivity contribution in [3.8, 4) is 0 Å². The summed E-state index contributed by atoms with van der Waals surface area (Å²) < 4.78 is 13.2. The van der Waals surface area contributed by atoms with Crippen LogP contribution in [0.1, 0.15) is 31.7 Å². The summed E-state index contributed by atoms with van der Waals surface area (Å²) in [7, 11) is 0. The van der Waals surface area contributed by atoms with Gasteiger partial charge in [-0.2, -0.15) is 0 Å². The molecule has 1 fully saturated rings. The number of hydrogen-bond donors (Lipinski definition) is 3. The van der Waals surface area contributed by atoms with E-state index in [4.69, 9.17) is 5.73 Å². The molecule has 0 saturated carbocycles. The van der Waals surface area contributed by atoms with E-state index in [-0.39, 0.29) is 0 Å². The molecule has 0 bridgehead atoms. The number of rotatable bonds is 6.